The molecule has 3 aliphatic rings. The second kappa shape index (κ2) is 22.2. The molecular weight excluding hydrogens is 1230 g/mol. The van der Waals surface area contributed by atoms with E-state index in [-0.39, 0.29) is 10.8 Å². The average Bonchev–Trinajstić information content (AvgIpc) is 1.51. The molecule has 0 bridgehead atoms. The Balaban J connectivity index is 0.000000139. The monoisotopic (exact) mass is 1300 g/mol. The van der Waals surface area contributed by atoms with Crippen molar-refractivity contribution < 1.29 is 0 Å². The van der Waals surface area contributed by atoms with Gasteiger partial charge in [-0.1, -0.05) is 257 Å². The van der Waals surface area contributed by atoms with Crippen LogP contribution in [0.5, 0.6) is 0 Å². The first kappa shape index (κ1) is 58.0. The second-order valence-electron chi connectivity index (χ2n) is 28.3. The predicted octanol–water partition coefficient (Wildman–Crippen LogP) is 25.1. The van der Waals surface area contributed by atoms with E-state index in [0.717, 1.165) is 17.1 Å². The lowest BCUT2D eigenvalue weighted by molar-refractivity contribution is 0.660. The number of benzene rings is 15. The van der Waals surface area contributed by atoms with E-state index in [1.807, 2.05) is 0 Å². The summed E-state index contributed by atoms with van der Waals surface area (Å²) in [6.07, 6.45) is 4.40. The molecule has 0 N–H and O–H groups in total. The molecule has 19 aromatic rings. The van der Waals surface area contributed by atoms with E-state index in [0.29, 0.717) is 0 Å². The van der Waals surface area contributed by atoms with E-state index >= 15 is 0 Å². The maximum atomic E-state index is 2.48. The highest BCUT2D eigenvalue weighted by molar-refractivity contribution is 6.20. The van der Waals surface area contributed by atoms with Crippen LogP contribution in [-0.4, -0.2) is 18.3 Å². The number of aromatic nitrogens is 4. The zero-order valence-corrected chi connectivity index (χ0v) is 56.4. The largest absolute Gasteiger partial charge is 0.316 e. The highest BCUT2D eigenvalue weighted by atomic mass is 15.0. The van der Waals surface area contributed by atoms with E-state index in [9.17, 15) is 0 Å². The smallest absolute Gasteiger partial charge is 0.0788 e. The Bertz CT molecular complexity index is 6570. The quantitative estimate of drug-likeness (QED) is 0.152. The van der Waals surface area contributed by atoms with Crippen molar-refractivity contribution in [1.29, 1.82) is 0 Å². The van der Waals surface area contributed by atoms with E-state index in [1.54, 1.807) is 0 Å². The lowest BCUT2D eigenvalue weighted by Crippen LogP contribution is -2.25. The van der Waals surface area contributed by atoms with Gasteiger partial charge in [0.15, 0.2) is 0 Å². The summed E-state index contributed by atoms with van der Waals surface area (Å²) < 4.78 is 9.51. The van der Waals surface area contributed by atoms with Crippen LogP contribution in [0, 0.1) is 0 Å². The van der Waals surface area contributed by atoms with Crippen LogP contribution in [0.25, 0.3) is 155 Å². The molecule has 0 saturated heterocycles. The minimum absolute atomic E-state index is 0.0240. The van der Waals surface area contributed by atoms with Crippen LogP contribution in [0.1, 0.15) is 47.2 Å². The van der Waals surface area contributed by atoms with Crippen molar-refractivity contribution in [2.75, 3.05) is 0 Å². The zero-order chi connectivity index (χ0) is 67.4. The molecule has 0 aliphatic heterocycles. The van der Waals surface area contributed by atoms with Gasteiger partial charge in [0, 0.05) is 72.9 Å². The number of para-hydroxylation sites is 4. The van der Waals surface area contributed by atoms with Crippen LogP contribution in [0.2, 0.25) is 0 Å². The molecule has 15 aromatic carbocycles. The van der Waals surface area contributed by atoms with E-state index in [1.165, 1.54) is 171 Å². The molecule has 22 rings (SSSR count). The summed E-state index contributed by atoms with van der Waals surface area (Å²) in [5.74, 6) is 0. The summed E-state index contributed by atoms with van der Waals surface area (Å²) in [5, 5.41) is 7.49. The molecule has 0 amide bonds. The molecule has 1 spiro atoms. The average molecular weight is 1300 g/mol. The fraction of sp³-hybridized carbons (Fsp3) is 0.0408. The maximum Gasteiger partial charge on any atom is 0.0788 e. The Morgan fingerprint density at radius 2 is 0.608 bits per heavy atom. The molecule has 3 aliphatic carbocycles. The number of nitrogens with zero attached hydrogens (tertiary/aromatic N) is 4. The molecule has 102 heavy (non-hydrogen) atoms. The van der Waals surface area contributed by atoms with Crippen molar-refractivity contribution in [2.45, 2.75) is 24.7 Å². The third kappa shape index (κ3) is 8.38. The van der Waals surface area contributed by atoms with Crippen LogP contribution < -0.4 is 0 Å². The van der Waals surface area contributed by atoms with Crippen LogP contribution >= 0.6 is 0 Å². The normalized spacial score (nSPS) is 13.4. The fourth-order valence-corrected chi connectivity index (χ4v) is 18.2. The topological polar surface area (TPSA) is 19.7 Å². The summed E-state index contributed by atoms with van der Waals surface area (Å²) in [6, 6.07) is 130. The summed E-state index contributed by atoms with van der Waals surface area (Å²) in [6.45, 7) is 4.70. The molecule has 4 heteroatoms. The highest BCUT2D eigenvalue weighted by Gasteiger charge is 2.51. The summed E-state index contributed by atoms with van der Waals surface area (Å²) in [7, 11) is 0. The molecule has 0 saturated carbocycles. The lowest BCUT2D eigenvalue weighted by atomic mass is 9.70. The Labute approximate surface area is 591 Å². The predicted molar refractivity (Wildman–Crippen MR) is 425 cm³/mol. The first-order valence-corrected chi connectivity index (χ1v) is 35.5. The number of hydrogen-bond acceptors (Lipinski definition) is 0. The van der Waals surface area contributed by atoms with Crippen LogP contribution in [0.3, 0.4) is 0 Å². The number of hydrogen-bond donors (Lipinski definition) is 0. The van der Waals surface area contributed by atoms with Gasteiger partial charge in [-0.15, -0.1) is 0 Å². The molecular formula is C98H66N4. The van der Waals surface area contributed by atoms with Crippen molar-refractivity contribution in [3.8, 4) is 89.5 Å². The lowest BCUT2D eigenvalue weighted by Gasteiger charge is -2.30. The molecule has 0 radical (unpaired) electrons. The first-order valence-electron chi connectivity index (χ1n) is 35.5. The second-order valence-corrected chi connectivity index (χ2v) is 28.3. The molecule has 4 nitrogen and oxygen atoms in total. The molecule has 4 heterocycles. The standard InChI is InChI=1S/C57H36N2.C41H30N2/c1-3-16-41(17-4-1)58-33-32-48-54(58)31-29-47-49-35-39(27-30-55(49)59(56(47)48)42-18-5-2-6-19-42)37-14-13-15-38(34-37)40-26-28-46-45-22-9-12-25-52(45)57(53(46)36-40)50-23-10-7-20-43(50)44-21-8-11-24-51(44)57;1-41(2)36-16-10-9-15-32(36)33-20-18-29(26-37(33)41)28-19-22-38-35(25-28)34-21-17-27-23-24-42(30-11-5-3-6-12-30)39(27)40(34)43(38)31-13-7-4-8-14-31/h1-36H;3-26H,1-2H3. The molecule has 0 unspecified atom stereocenters. The minimum atomic E-state index is -0.363. The minimum Gasteiger partial charge on any atom is -0.316 e. The van der Waals surface area contributed by atoms with Crippen LogP contribution in [0.4, 0.5) is 0 Å². The van der Waals surface area contributed by atoms with Gasteiger partial charge in [-0.25, -0.2) is 0 Å². The maximum absolute atomic E-state index is 2.48. The fourth-order valence-electron chi connectivity index (χ4n) is 18.2. The van der Waals surface area contributed by atoms with E-state index in [4.69, 9.17) is 0 Å². The zero-order valence-electron chi connectivity index (χ0n) is 56.4. The SMILES string of the molecule is CC1(C)c2ccccc2-c2ccc(-c3ccc4c(c3)c3ccc5ccn(-c6ccccc6)c5c3n4-c3ccccc3)cc21.c1ccc(-n2ccc3c2ccc2c4cc(-c5cccc(-c6ccc7c(c6)C6(c8ccccc8-c8ccccc86)c6ccccc6-7)c5)ccc4n(-c4ccccc4)c23)cc1. The van der Waals surface area contributed by atoms with E-state index < -0.39 is 0 Å². The van der Waals surface area contributed by atoms with Gasteiger partial charge >= 0.3 is 0 Å². The van der Waals surface area contributed by atoms with Gasteiger partial charge in [0.25, 0.3) is 0 Å². The van der Waals surface area contributed by atoms with Gasteiger partial charge in [0.1, 0.15) is 0 Å². The summed E-state index contributed by atoms with van der Waals surface area (Å²) >= 11 is 0. The van der Waals surface area contributed by atoms with E-state index in [2.05, 4.69) is 396 Å². The molecule has 478 valence electrons. The first-order chi connectivity index (χ1) is 50.4. The van der Waals surface area contributed by atoms with Gasteiger partial charge in [0.2, 0.25) is 0 Å². The summed E-state index contributed by atoms with van der Waals surface area (Å²) in [4.78, 5) is 0. The van der Waals surface area contributed by atoms with Crippen molar-refractivity contribution in [1.82, 2.24) is 18.3 Å². The third-order valence-electron chi connectivity index (χ3n) is 22.7. The Morgan fingerprint density at radius 3 is 1.17 bits per heavy atom. The van der Waals surface area contributed by atoms with Crippen LogP contribution in [0.15, 0.2) is 364 Å². The highest BCUT2D eigenvalue weighted by Crippen LogP contribution is 2.63. The molecule has 4 aromatic heterocycles. The van der Waals surface area contributed by atoms with Crippen molar-refractivity contribution in [3.63, 3.8) is 0 Å². The van der Waals surface area contributed by atoms with Gasteiger partial charge < -0.3 is 18.3 Å². The Hall–Kier alpha value is -13.0. The molecule has 0 atom stereocenters. The summed E-state index contributed by atoms with van der Waals surface area (Å²) in [5.41, 5.74) is 35.2. The van der Waals surface area contributed by atoms with Gasteiger partial charge in [-0.3, -0.25) is 0 Å². The van der Waals surface area contributed by atoms with Crippen molar-refractivity contribution >= 4 is 65.4 Å². The number of rotatable bonds is 7. The Kier molecular flexibility index (Phi) is 12.6. The Morgan fingerprint density at radius 1 is 0.216 bits per heavy atom. The third-order valence-corrected chi connectivity index (χ3v) is 22.7. The van der Waals surface area contributed by atoms with Gasteiger partial charge in [-0.2, -0.15) is 0 Å². The van der Waals surface area contributed by atoms with Gasteiger partial charge in [-0.05, 0) is 209 Å². The van der Waals surface area contributed by atoms with Gasteiger partial charge in [0.05, 0.1) is 38.5 Å². The molecule has 0 fully saturated rings. The van der Waals surface area contributed by atoms with Crippen molar-refractivity contribution in [3.05, 3.63) is 398 Å². The van der Waals surface area contributed by atoms with Crippen molar-refractivity contribution in [2.24, 2.45) is 0 Å². The van der Waals surface area contributed by atoms with Crippen LogP contribution in [-0.2, 0) is 10.8 Å². The number of fused-ring (bicyclic) bond motifs is 23.